The van der Waals surface area contributed by atoms with E-state index in [-0.39, 0.29) is 11.9 Å². The van der Waals surface area contributed by atoms with Crippen LogP contribution in [0.5, 0.6) is 0 Å². The summed E-state index contributed by atoms with van der Waals surface area (Å²) in [5.74, 6) is 0.139. The molecule has 1 aromatic rings. The molecule has 0 saturated carbocycles. The van der Waals surface area contributed by atoms with Gasteiger partial charge in [0.05, 0.1) is 18.8 Å². The number of carbonyl (C=O) groups is 1. The van der Waals surface area contributed by atoms with Crippen LogP contribution in [-0.2, 0) is 16.1 Å². The van der Waals surface area contributed by atoms with Crippen molar-refractivity contribution in [3.63, 3.8) is 0 Å². The van der Waals surface area contributed by atoms with Crippen LogP contribution in [0.25, 0.3) is 0 Å². The number of ether oxygens (including phenoxy) is 1. The smallest absolute Gasteiger partial charge is 0.240 e. The van der Waals surface area contributed by atoms with Crippen LogP contribution in [0.4, 0.5) is 0 Å². The molecule has 3 heterocycles. The van der Waals surface area contributed by atoms with Gasteiger partial charge in [0.15, 0.2) is 0 Å². The van der Waals surface area contributed by atoms with Crippen LogP contribution in [0.15, 0.2) is 24.5 Å². The maximum Gasteiger partial charge on any atom is 0.240 e. The van der Waals surface area contributed by atoms with Gasteiger partial charge in [0.2, 0.25) is 5.91 Å². The van der Waals surface area contributed by atoms with E-state index < -0.39 is 5.54 Å². The van der Waals surface area contributed by atoms with E-state index in [9.17, 15) is 4.79 Å². The molecule has 0 aromatic carbocycles. The minimum absolute atomic E-state index is 0.139. The number of morpholine rings is 1. The number of likely N-dealkylation sites (tertiary alicyclic amines) is 1. The second kappa shape index (κ2) is 8.25. The van der Waals surface area contributed by atoms with Crippen LogP contribution in [0.1, 0.15) is 32.3 Å². The van der Waals surface area contributed by atoms with Gasteiger partial charge in [-0.2, -0.15) is 0 Å². The van der Waals surface area contributed by atoms with Gasteiger partial charge in [-0.05, 0) is 38.3 Å². The van der Waals surface area contributed by atoms with E-state index in [0.29, 0.717) is 13.2 Å². The molecule has 0 unspecified atom stereocenters. The topological polar surface area (TPSA) is 57.7 Å². The lowest BCUT2D eigenvalue weighted by molar-refractivity contribution is -0.135. The quantitative estimate of drug-likeness (QED) is 0.870. The number of amides is 1. The molecule has 25 heavy (non-hydrogen) atoms. The molecule has 0 aliphatic carbocycles. The average molecular weight is 346 g/mol. The van der Waals surface area contributed by atoms with E-state index in [1.54, 1.807) is 0 Å². The van der Waals surface area contributed by atoms with E-state index >= 15 is 0 Å². The number of hydrogen-bond donors (Lipinski definition) is 1. The van der Waals surface area contributed by atoms with Gasteiger partial charge in [0.1, 0.15) is 0 Å². The maximum absolute atomic E-state index is 12.8. The predicted octanol–water partition coefficient (Wildman–Crippen LogP) is 1.27. The summed E-state index contributed by atoms with van der Waals surface area (Å²) in [4.78, 5) is 21.6. The second-order valence-corrected chi connectivity index (χ2v) is 7.54. The number of aromatic nitrogens is 1. The summed E-state index contributed by atoms with van der Waals surface area (Å²) in [7, 11) is 0. The summed E-state index contributed by atoms with van der Waals surface area (Å²) < 4.78 is 5.40. The summed E-state index contributed by atoms with van der Waals surface area (Å²) in [5.41, 5.74) is 0.773. The molecule has 2 aliphatic heterocycles. The van der Waals surface area contributed by atoms with Crippen molar-refractivity contribution in [2.45, 2.75) is 44.8 Å². The minimum atomic E-state index is -0.476. The van der Waals surface area contributed by atoms with Gasteiger partial charge >= 0.3 is 0 Å². The third kappa shape index (κ3) is 4.77. The Bertz CT molecular complexity index is 550. The minimum Gasteiger partial charge on any atom is -0.379 e. The molecule has 3 rings (SSSR count). The van der Waals surface area contributed by atoms with E-state index in [1.165, 1.54) is 5.56 Å². The van der Waals surface area contributed by atoms with Gasteiger partial charge in [-0.1, -0.05) is 6.07 Å². The van der Waals surface area contributed by atoms with Gasteiger partial charge in [-0.3, -0.25) is 19.6 Å². The van der Waals surface area contributed by atoms with Crippen molar-refractivity contribution in [2.75, 3.05) is 39.4 Å². The standard InChI is InChI=1S/C19H30N4O2/c1-19(2,23-10-12-25-13-11-23)18(24)21-17-5-8-22(9-6-17)15-16-4-3-7-20-14-16/h3-4,7,14,17H,5-6,8-13,15H2,1-2H3,(H,21,24). The van der Waals surface area contributed by atoms with Gasteiger partial charge in [-0.15, -0.1) is 0 Å². The zero-order valence-electron chi connectivity index (χ0n) is 15.4. The van der Waals surface area contributed by atoms with Crippen molar-refractivity contribution in [1.29, 1.82) is 0 Å². The zero-order chi connectivity index (χ0) is 17.7. The Morgan fingerprint density at radius 2 is 2.00 bits per heavy atom. The van der Waals surface area contributed by atoms with E-state index in [0.717, 1.165) is 45.6 Å². The van der Waals surface area contributed by atoms with Crippen LogP contribution >= 0.6 is 0 Å². The zero-order valence-corrected chi connectivity index (χ0v) is 15.4. The van der Waals surface area contributed by atoms with Crippen molar-refractivity contribution >= 4 is 5.91 Å². The van der Waals surface area contributed by atoms with Crippen molar-refractivity contribution in [1.82, 2.24) is 20.1 Å². The third-order valence-electron chi connectivity index (χ3n) is 5.41. The summed E-state index contributed by atoms with van der Waals surface area (Å²) in [6, 6.07) is 4.37. The molecule has 1 aromatic heterocycles. The number of pyridine rings is 1. The first-order valence-electron chi connectivity index (χ1n) is 9.31. The summed E-state index contributed by atoms with van der Waals surface area (Å²) in [6.07, 6.45) is 5.75. The van der Waals surface area contributed by atoms with Crippen LogP contribution < -0.4 is 5.32 Å². The molecule has 0 bridgehead atoms. The van der Waals surface area contributed by atoms with Gasteiger partial charge in [0.25, 0.3) is 0 Å². The molecule has 6 heteroatoms. The Balaban J connectivity index is 1.45. The maximum atomic E-state index is 12.8. The van der Waals surface area contributed by atoms with Crippen molar-refractivity contribution in [3.8, 4) is 0 Å². The van der Waals surface area contributed by atoms with Crippen molar-refractivity contribution in [2.24, 2.45) is 0 Å². The fourth-order valence-corrected chi connectivity index (χ4v) is 3.61. The average Bonchev–Trinajstić information content (AvgIpc) is 2.65. The molecule has 2 saturated heterocycles. The first-order valence-corrected chi connectivity index (χ1v) is 9.31. The molecule has 2 fully saturated rings. The summed E-state index contributed by atoms with van der Waals surface area (Å²) in [5, 5.41) is 3.28. The fraction of sp³-hybridized carbons (Fsp3) is 0.684. The third-order valence-corrected chi connectivity index (χ3v) is 5.41. The number of rotatable bonds is 5. The first kappa shape index (κ1) is 18.3. The van der Waals surface area contributed by atoms with E-state index in [4.69, 9.17) is 4.74 Å². The second-order valence-electron chi connectivity index (χ2n) is 7.54. The SMILES string of the molecule is CC(C)(C(=O)NC1CCN(Cc2cccnc2)CC1)N1CCOCC1. The number of nitrogens with one attached hydrogen (secondary N) is 1. The van der Waals surface area contributed by atoms with Crippen molar-refractivity contribution in [3.05, 3.63) is 30.1 Å². The Hall–Kier alpha value is -1.50. The Morgan fingerprint density at radius 3 is 2.64 bits per heavy atom. The van der Waals surface area contributed by atoms with Crippen LogP contribution in [0.2, 0.25) is 0 Å². The molecular formula is C19H30N4O2. The lowest BCUT2D eigenvalue weighted by Crippen LogP contribution is -2.60. The van der Waals surface area contributed by atoms with Gasteiger partial charge in [-0.25, -0.2) is 0 Å². The summed E-state index contributed by atoms with van der Waals surface area (Å²) in [6.45, 7) is 10.1. The van der Waals surface area contributed by atoms with E-state index in [1.807, 2.05) is 32.3 Å². The predicted molar refractivity (Wildman–Crippen MR) is 97.1 cm³/mol. The van der Waals surface area contributed by atoms with Crippen LogP contribution in [0.3, 0.4) is 0 Å². The Labute approximate surface area is 150 Å². The molecule has 1 amide bonds. The molecule has 1 N–H and O–H groups in total. The van der Waals surface area contributed by atoms with E-state index in [2.05, 4.69) is 26.2 Å². The highest BCUT2D eigenvalue weighted by molar-refractivity contribution is 5.85. The largest absolute Gasteiger partial charge is 0.379 e. The first-order chi connectivity index (χ1) is 12.1. The molecule has 138 valence electrons. The summed E-state index contributed by atoms with van der Waals surface area (Å²) >= 11 is 0. The molecule has 0 spiro atoms. The number of nitrogens with zero attached hydrogens (tertiary/aromatic N) is 3. The fourth-order valence-electron chi connectivity index (χ4n) is 3.61. The Kier molecular flexibility index (Phi) is 6.04. The normalized spacial score (nSPS) is 21.2. The molecular weight excluding hydrogens is 316 g/mol. The number of carbonyl (C=O) groups excluding carboxylic acids is 1. The van der Waals surface area contributed by atoms with Crippen LogP contribution in [0, 0.1) is 0 Å². The number of hydrogen-bond acceptors (Lipinski definition) is 5. The molecule has 0 atom stereocenters. The highest BCUT2D eigenvalue weighted by Crippen LogP contribution is 2.19. The molecule has 0 radical (unpaired) electrons. The highest BCUT2D eigenvalue weighted by Gasteiger charge is 2.36. The monoisotopic (exact) mass is 346 g/mol. The highest BCUT2D eigenvalue weighted by atomic mass is 16.5. The lowest BCUT2D eigenvalue weighted by atomic mass is 9.98. The molecule has 6 nitrogen and oxygen atoms in total. The molecule has 2 aliphatic rings. The van der Waals surface area contributed by atoms with Gasteiger partial charge < -0.3 is 10.1 Å². The number of piperidine rings is 1. The van der Waals surface area contributed by atoms with Gasteiger partial charge in [0, 0.05) is 51.2 Å². The van der Waals surface area contributed by atoms with Crippen molar-refractivity contribution < 1.29 is 9.53 Å². The lowest BCUT2D eigenvalue weighted by Gasteiger charge is -2.41. The van der Waals surface area contributed by atoms with Crippen LogP contribution in [-0.4, -0.2) is 71.7 Å². The Morgan fingerprint density at radius 1 is 1.28 bits per heavy atom.